The second-order valence-electron chi connectivity index (χ2n) is 4.10. The lowest BCUT2D eigenvalue weighted by atomic mass is 10.3. The molecule has 18 heavy (non-hydrogen) atoms. The van der Waals surface area contributed by atoms with E-state index in [2.05, 4.69) is 5.32 Å². The smallest absolute Gasteiger partial charge is 0.224 e. The van der Waals surface area contributed by atoms with Crippen LogP contribution >= 0.6 is 0 Å². The summed E-state index contributed by atoms with van der Waals surface area (Å²) in [6, 6.07) is 0. The van der Waals surface area contributed by atoms with Crippen molar-refractivity contribution in [2.24, 2.45) is 0 Å². The predicted molar refractivity (Wildman–Crippen MR) is 67.6 cm³/mol. The van der Waals surface area contributed by atoms with Gasteiger partial charge in [0, 0.05) is 39.7 Å². The minimum atomic E-state index is 0.200. The fourth-order valence-corrected chi connectivity index (χ4v) is 1.68. The molecule has 0 aromatic rings. The highest BCUT2D eigenvalue weighted by atomic mass is 16.5. The summed E-state index contributed by atoms with van der Waals surface area (Å²) in [5.74, 6) is 0.200. The van der Waals surface area contributed by atoms with Crippen molar-refractivity contribution in [1.82, 2.24) is 10.2 Å². The number of morpholine rings is 1. The highest BCUT2D eigenvalue weighted by molar-refractivity contribution is 5.76. The lowest BCUT2D eigenvalue weighted by Crippen LogP contribution is -2.41. The van der Waals surface area contributed by atoms with Crippen LogP contribution in [-0.4, -0.2) is 77.1 Å². The fraction of sp³-hybridized carbons (Fsp3) is 0.917. The Bertz CT molecular complexity index is 220. The van der Waals surface area contributed by atoms with Crippen LogP contribution in [0.2, 0.25) is 0 Å². The summed E-state index contributed by atoms with van der Waals surface area (Å²) < 4.78 is 15.4. The van der Waals surface area contributed by atoms with Crippen LogP contribution in [0.1, 0.15) is 6.42 Å². The van der Waals surface area contributed by atoms with E-state index in [1.165, 1.54) is 0 Å². The third-order valence-corrected chi connectivity index (χ3v) is 2.73. The summed E-state index contributed by atoms with van der Waals surface area (Å²) in [4.78, 5) is 13.6. The van der Waals surface area contributed by atoms with Crippen molar-refractivity contribution >= 4 is 5.91 Å². The number of carbonyl (C=O) groups excluding carboxylic acids is 1. The first-order valence-electron chi connectivity index (χ1n) is 6.47. The summed E-state index contributed by atoms with van der Waals surface area (Å²) >= 11 is 0. The van der Waals surface area contributed by atoms with Gasteiger partial charge in [-0.1, -0.05) is 0 Å². The van der Waals surface area contributed by atoms with Crippen molar-refractivity contribution < 1.29 is 19.0 Å². The number of rotatable bonds is 9. The molecule has 106 valence electrons. The van der Waals surface area contributed by atoms with E-state index in [9.17, 15) is 4.79 Å². The van der Waals surface area contributed by atoms with E-state index in [1.54, 1.807) is 7.11 Å². The molecule has 1 aliphatic rings. The van der Waals surface area contributed by atoms with E-state index in [4.69, 9.17) is 14.2 Å². The molecule has 0 aromatic heterocycles. The van der Waals surface area contributed by atoms with Crippen molar-refractivity contribution in [1.29, 1.82) is 0 Å². The van der Waals surface area contributed by atoms with Gasteiger partial charge in [0.25, 0.3) is 0 Å². The van der Waals surface area contributed by atoms with Crippen LogP contribution in [0.4, 0.5) is 0 Å². The van der Waals surface area contributed by atoms with Crippen LogP contribution in [0.15, 0.2) is 0 Å². The normalized spacial score (nSPS) is 15.9. The van der Waals surface area contributed by atoms with E-state index < -0.39 is 0 Å². The molecule has 1 fully saturated rings. The highest BCUT2D eigenvalue weighted by Gasteiger charge is 2.15. The molecule has 1 aliphatic heterocycles. The fourth-order valence-electron chi connectivity index (χ4n) is 1.68. The Morgan fingerprint density at radius 2 is 2.00 bits per heavy atom. The van der Waals surface area contributed by atoms with Gasteiger partial charge in [0.1, 0.15) is 0 Å². The third-order valence-electron chi connectivity index (χ3n) is 2.73. The number of nitrogens with one attached hydrogen (secondary N) is 1. The Morgan fingerprint density at radius 3 is 2.72 bits per heavy atom. The largest absolute Gasteiger partial charge is 0.382 e. The van der Waals surface area contributed by atoms with Crippen molar-refractivity contribution in [3.8, 4) is 0 Å². The maximum Gasteiger partial charge on any atom is 0.224 e. The molecule has 1 amide bonds. The molecule has 0 radical (unpaired) electrons. The van der Waals surface area contributed by atoms with E-state index in [-0.39, 0.29) is 5.91 Å². The lowest BCUT2D eigenvalue weighted by Gasteiger charge is -2.26. The number of hydrogen-bond donors (Lipinski definition) is 1. The van der Waals surface area contributed by atoms with Gasteiger partial charge < -0.3 is 24.4 Å². The van der Waals surface area contributed by atoms with Crippen molar-refractivity contribution in [2.45, 2.75) is 6.42 Å². The summed E-state index contributed by atoms with van der Waals surface area (Å²) in [6.45, 7) is 6.11. The molecule has 0 aromatic carbocycles. The first kappa shape index (κ1) is 15.4. The van der Waals surface area contributed by atoms with Gasteiger partial charge in [-0.3, -0.25) is 4.79 Å². The topological polar surface area (TPSA) is 60.0 Å². The molecule has 1 N–H and O–H groups in total. The third kappa shape index (κ3) is 6.90. The predicted octanol–water partition coefficient (Wildman–Crippen LogP) is -0.512. The molecule has 6 heteroatoms. The average molecular weight is 260 g/mol. The molecular formula is C12H24N2O4. The zero-order valence-corrected chi connectivity index (χ0v) is 11.2. The van der Waals surface area contributed by atoms with Crippen LogP contribution in [0, 0.1) is 0 Å². The zero-order chi connectivity index (χ0) is 13.1. The van der Waals surface area contributed by atoms with Gasteiger partial charge in [0.15, 0.2) is 0 Å². The van der Waals surface area contributed by atoms with Crippen LogP contribution in [-0.2, 0) is 19.0 Å². The minimum Gasteiger partial charge on any atom is -0.382 e. The number of hydrogen-bond acceptors (Lipinski definition) is 5. The van der Waals surface area contributed by atoms with Gasteiger partial charge in [0.2, 0.25) is 5.91 Å². The standard InChI is InChI=1S/C12H24N2O4/c1-16-10-11-17-7-4-13-3-2-12(15)14-5-8-18-9-6-14/h13H,2-11H2,1H3. The molecule has 0 saturated carbocycles. The maximum atomic E-state index is 11.8. The van der Waals surface area contributed by atoms with E-state index >= 15 is 0 Å². The molecule has 0 bridgehead atoms. The zero-order valence-electron chi connectivity index (χ0n) is 11.2. The van der Waals surface area contributed by atoms with E-state index in [1.807, 2.05) is 4.90 Å². The van der Waals surface area contributed by atoms with Gasteiger partial charge in [-0.25, -0.2) is 0 Å². The van der Waals surface area contributed by atoms with Crippen LogP contribution < -0.4 is 5.32 Å². The van der Waals surface area contributed by atoms with Gasteiger partial charge in [-0.2, -0.15) is 0 Å². The van der Waals surface area contributed by atoms with Crippen LogP contribution in [0.5, 0.6) is 0 Å². The first-order valence-corrected chi connectivity index (χ1v) is 6.47. The number of amides is 1. The Kier molecular flexibility index (Phi) is 8.75. The quantitative estimate of drug-likeness (QED) is 0.566. The summed E-state index contributed by atoms with van der Waals surface area (Å²) in [7, 11) is 1.65. The number of methoxy groups -OCH3 is 1. The summed E-state index contributed by atoms with van der Waals surface area (Å²) in [6.07, 6.45) is 0.540. The molecule has 0 spiro atoms. The molecule has 0 unspecified atom stereocenters. The molecule has 1 saturated heterocycles. The van der Waals surface area contributed by atoms with E-state index in [0.717, 1.165) is 19.6 Å². The highest BCUT2D eigenvalue weighted by Crippen LogP contribution is 1.99. The van der Waals surface area contributed by atoms with Crippen LogP contribution in [0.25, 0.3) is 0 Å². The Balaban J connectivity index is 1.89. The molecule has 0 aliphatic carbocycles. The number of nitrogens with zero attached hydrogens (tertiary/aromatic N) is 1. The summed E-state index contributed by atoms with van der Waals surface area (Å²) in [5, 5.41) is 3.19. The van der Waals surface area contributed by atoms with Crippen molar-refractivity contribution in [2.75, 3.05) is 66.3 Å². The first-order chi connectivity index (χ1) is 8.84. The monoisotopic (exact) mass is 260 g/mol. The van der Waals surface area contributed by atoms with Crippen LogP contribution in [0.3, 0.4) is 0 Å². The second kappa shape index (κ2) is 10.3. The molecule has 1 rings (SSSR count). The van der Waals surface area contributed by atoms with Gasteiger partial charge in [-0.15, -0.1) is 0 Å². The van der Waals surface area contributed by atoms with E-state index in [0.29, 0.717) is 46.0 Å². The lowest BCUT2D eigenvalue weighted by molar-refractivity contribution is -0.135. The Hall–Kier alpha value is -0.690. The second-order valence-corrected chi connectivity index (χ2v) is 4.10. The molecule has 0 atom stereocenters. The van der Waals surface area contributed by atoms with Gasteiger partial charge in [0.05, 0.1) is 33.0 Å². The van der Waals surface area contributed by atoms with Gasteiger partial charge >= 0.3 is 0 Å². The summed E-state index contributed by atoms with van der Waals surface area (Å²) in [5.41, 5.74) is 0. The minimum absolute atomic E-state index is 0.200. The Morgan fingerprint density at radius 1 is 1.22 bits per heavy atom. The van der Waals surface area contributed by atoms with Crippen molar-refractivity contribution in [3.05, 3.63) is 0 Å². The average Bonchev–Trinajstić information content (AvgIpc) is 2.42. The van der Waals surface area contributed by atoms with Crippen molar-refractivity contribution in [3.63, 3.8) is 0 Å². The molecule has 1 heterocycles. The number of ether oxygens (including phenoxy) is 3. The maximum absolute atomic E-state index is 11.8. The Labute approximate surface area is 109 Å². The SMILES string of the molecule is COCCOCCNCCC(=O)N1CCOCC1. The number of carbonyl (C=O) groups is 1. The molecular weight excluding hydrogens is 236 g/mol. The molecule has 6 nitrogen and oxygen atoms in total. The van der Waals surface area contributed by atoms with Gasteiger partial charge in [-0.05, 0) is 0 Å².